The predicted octanol–water partition coefficient (Wildman–Crippen LogP) is 5.30. The molecule has 1 fully saturated rings. The number of aromatic nitrogens is 3. The Morgan fingerprint density at radius 1 is 1.00 bits per heavy atom. The molecule has 1 aliphatic heterocycles. The first kappa shape index (κ1) is 22.3. The van der Waals surface area contributed by atoms with Gasteiger partial charge in [-0.15, -0.1) is 11.3 Å². The average Bonchev–Trinajstić information content (AvgIpc) is 3.51. The maximum Gasteiger partial charge on any atom is 0.239 e. The van der Waals surface area contributed by atoms with Crippen LogP contribution < -0.4 is 15.8 Å². The van der Waals surface area contributed by atoms with Crippen molar-refractivity contribution in [3.05, 3.63) is 82.3 Å². The van der Waals surface area contributed by atoms with Gasteiger partial charge in [-0.1, -0.05) is 41.9 Å². The van der Waals surface area contributed by atoms with Gasteiger partial charge in [0.05, 0.1) is 23.4 Å². The molecule has 0 amide bonds. The molecule has 6 rings (SSSR count). The van der Waals surface area contributed by atoms with Crippen molar-refractivity contribution in [2.75, 3.05) is 36.6 Å². The average molecular weight is 505 g/mol. The van der Waals surface area contributed by atoms with Gasteiger partial charge in [0, 0.05) is 48.3 Å². The standard InChI is InChI=1S/C26H25ClN6OS/c27-20-7-5-18(6-8-20)16-33-17-19(21-3-1-2-4-23(21)33)15-28-31-26-29-22-9-14-35-24(22)25(30-26)32-10-12-34-13-11-32/h1-9,14,17,28H,10-13,15-16H2,(H,29,30,31). The van der Waals surface area contributed by atoms with E-state index in [1.165, 1.54) is 22.0 Å². The van der Waals surface area contributed by atoms with E-state index in [0.29, 0.717) is 12.5 Å². The molecular formula is C26H25ClN6OS. The Morgan fingerprint density at radius 3 is 2.69 bits per heavy atom. The van der Waals surface area contributed by atoms with Crippen LogP contribution in [0, 0.1) is 0 Å². The molecular weight excluding hydrogens is 480 g/mol. The number of thiophene rings is 1. The molecule has 35 heavy (non-hydrogen) atoms. The number of para-hydroxylation sites is 1. The van der Waals surface area contributed by atoms with Gasteiger partial charge in [0.2, 0.25) is 5.95 Å². The molecule has 0 unspecified atom stereocenters. The summed E-state index contributed by atoms with van der Waals surface area (Å²) < 4.78 is 8.91. The number of morpholine rings is 1. The fraction of sp³-hybridized carbons (Fsp3) is 0.231. The molecule has 0 atom stereocenters. The minimum Gasteiger partial charge on any atom is -0.378 e. The molecule has 9 heteroatoms. The summed E-state index contributed by atoms with van der Waals surface area (Å²) in [5.74, 6) is 1.54. The topological polar surface area (TPSA) is 67.2 Å². The summed E-state index contributed by atoms with van der Waals surface area (Å²) in [7, 11) is 0. The van der Waals surface area contributed by atoms with Crippen molar-refractivity contribution in [2.45, 2.75) is 13.1 Å². The molecule has 0 saturated carbocycles. The predicted molar refractivity (Wildman–Crippen MR) is 143 cm³/mol. The number of hydrazine groups is 1. The van der Waals surface area contributed by atoms with Crippen molar-refractivity contribution in [3.63, 3.8) is 0 Å². The van der Waals surface area contributed by atoms with E-state index in [-0.39, 0.29) is 0 Å². The fourth-order valence-corrected chi connectivity index (χ4v) is 5.47. The molecule has 0 aliphatic carbocycles. The second kappa shape index (κ2) is 9.83. The van der Waals surface area contributed by atoms with Crippen molar-refractivity contribution in [1.29, 1.82) is 0 Å². The highest BCUT2D eigenvalue weighted by Gasteiger charge is 2.18. The Hall–Kier alpha value is -3.17. The lowest BCUT2D eigenvalue weighted by atomic mass is 10.2. The van der Waals surface area contributed by atoms with Crippen LogP contribution in [0.4, 0.5) is 11.8 Å². The quantitative estimate of drug-likeness (QED) is 0.293. The number of benzene rings is 2. The number of hydrogen-bond acceptors (Lipinski definition) is 7. The van der Waals surface area contributed by atoms with Gasteiger partial charge < -0.3 is 14.2 Å². The number of halogens is 1. The first-order valence-corrected chi connectivity index (χ1v) is 12.9. The molecule has 5 aromatic rings. The van der Waals surface area contributed by atoms with Crippen LogP contribution in [0.15, 0.2) is 66.2 Å². The zero-order valence-corrected chi connectivity index (χ0v) is 20.6. The van der Waals surface area contributed by atoms with Gasteiger partial charge in [0.25, 0.3) is 0 Å². The summed E-state index contributed by atoms with van der Waals surface area (Å²) >= 11 is 7.74. The largest absolute Gasteiger partial charge is 0.378 e. The van der Waals surface area contributed by atoms with E-state index in [0.717, 1.165) is 53.9 Å². The third-order valence-corrected chi connectivity index (χ3v) is 7.36. The van der Waals surface area contributed by atoms with Gasteiger partial charge in [-0.2, -0.15) is 4.98 Å². The van der Waals surface area contributed by atoms with E-state index in [4.69, 9.17) is 26.3 Å². The first-order chi connectivity index (χ1) is 17.2. The lowest BCUT2D eigenvalue weighted by molar-refractivity contribution is 0.122. The number of nitrogens with zero attached hydrogens (tertiary/aromatic N) is 4. The van der Waals surface area contributed by atoms with E-state index < -0.39 is 0 Å². The first-order valence-electron chi connectivity index (χ1n) is 11.6. The minimum absolute atomic E-state index is 0.572. The molecule has 1 aliphatic rings. The van der Waals surface area contributed by atoms with Crippen molar-refractivity contribution in [2.24, 2.45) is 0 Å². The summed E-state index contributed by atoms with van der Waals surface area (Å²) in [6, 6.07) is 18.5. The summed E-state index contributed by atoms with van der Waals surface area (Å²) in [4.78, 5) is 11.8. The Balaban J connectivity index is 1.21. The maximum absolute atomic E-state index is 6.06. The van der Waals surface area contributed by atoms with E-state index in [2.05, 4.69) is 68.3 Å². The van der Waals surface area contributed by atoms with Gasteiger partial charge in [0.1, 0.15) is 0 Å². The van der Waals surface area contributed by atoms with Crippen LogP contribution in [0.3, 0.4) is 0 Å². The number of rotatable bonds is 7. The van der Waals surface area contributed by atoms with Gasteiger partial charge in [-0.25, -0.2) is 10.4 Å². The second-order valence-corrected chi connectivity index (χ2v) is 9.86. The van der Waals surface area contributed by atoms with E-state index >= 15 is 0 Å². The molecule has 4 heterocycles. The Morgan fingerprint density at radius 2 is 1.83 bits per heavy atom. The third-order valence-electron chi connectivity index (χ3n) is 6.21. The second-order valence-electron chi connectivity index (χ2n) is 8.51. The highest BCUT2D eigenvalue weighted by Crippen LogP contribution is 2.30. The fourth-order valence-electron chi connectivity index (χ4n) is 4.49. The minimum atomic E-state index is 0.572. The number of nitrogens with one attached hydrogen (secondary N) is 2. The normalized spacial score (nSPS) is 14.1. The van der Waals surface area contributed by atoms with Gasteiger partial charge >= 0.3 is 0 Å². The lowest BCUT2D eigenvalue weighted by Crippen LogP contribution is -2.37. The zero-order valence-electron chi connectivity index (χ0n) is 19.1. The van der Waals surface area contributed by atoms with Crippen LogP contribution in [0.2, 0.25) is 5.02 Å². The maximum atomic E-state index is 6.06. The summed E-state index contributed by atoms with van der Waals surface area (Å²) in [5, 5.41) is 4.04. The van der Waals surface area contributed by atoms with Crippen molar-refractivity contribution in [1.82, 2.24) is 20.0 Å². The zero-order chi connectivity index (χ0) is 23.6. The van der Waals surface area contributed by atoms with Crippen LogP contribution >= 0.6 is 22.9 Å². The van der Waals surface area contributed by atoms with Crippen LogP contribution in [-0.4, -0.2) is 40.8 Å². The van der Waals surface area contributed by atoms with E-state index in [1.807, 2.05) is 18.2 Å². The number of ether oxygens (including phenoxy) is 1. The SMILES string of the molecule is Clc1ccc(Cn2cc(CNNc3nc(N4CCOCC4)c4sccc4n3)c3ccccc32)cc1. The van der Waals surface area contributed by atoms with Crippen LogP contribution in [0.5, 0.6) is 0 Å². The molecule has 7 nitrogen and oxygen atoms in total. The third kappa shape index (κ3) is 4.70. The molecule has 2 aromatic carbocycles. The van der Waals surface area contributed by atoms with Crippen molar-refractivity contribution >= 4 is 55.8 Å². The smallest absolute Gasteiger partial charge is 0.239 e. The van der Waals surface area contributed by atoms with Crippen LogP contribution in [0.1, 0.15) is 11.1 Å². The van der Waals surface area contributed by atoms with Crippen molar-refractivity contribution in [3.8, 4) is 0 Å². The molecule has 1 saturated heterocycles. The molecule has 3 aromatic heterocycles. The van der Waals surface area contributed by atoms with Crippen LogP contribution in [0.25, 0.3) is 21.1 Å². The van der Waals surface area contributed by atoms with E-state index in [1.54, 1.807) is 11.3 Å². The van der Waals surface area contributed by atoms with Crippen LogP contribution in [-0.2, 0) is 17.8 Å². The Labute approximate surface area is 212 Å². The number of anilines is 2. The van der Waals surface area contributed by atoms with Gasteiger partial charge in [-0.05, 0) is 40.8 Å². The van der Waals surface area contributed by atoms with Crippen molar-refractivity contribution < 1.29 is 4.74 Å². The molecule has 2 N–H and O–H groups in total. The Kier molecular flexibility index (Phi) is 6.26. The number of hydrogen-bond donors (Lipinski definition) is 2. The number of fused-ring (bicyclic) bond motifs is 2. The molecule has 178 valence electrons. The summed E-state index contributed by atoms with van der Waals surface area (Å²) in [6.45, 7) is 4.53. The highest BCUT2D eigenvalue weighted by atomic mass is 35.5. The summed E-state index contributed by atoms with van der Waals surface area (Å²) in [6.07, 6.45) is 2.20. The molecule has 0 radical (unpaired) electrons. The monoisotopic (exact) mass is 504 g/mol. The van der Waals surface area contributed by atoms with E-state index in [9.17, 15) is 0 Å². The Bertz CT molecular complexity index is 1460. The van der Waals surface area contributed by atoms with Gasteiger partial charge in [0.15, 0.2) is 5.82 Å². The summed E-state index contributed by atoms with van der Waals surface area (Å²) in [5.41, 5.74) is 11.1. The molecule has 0 spiro atoms. The highest BCUT2D eigenvalue weighted by molar-refractivity contribution is 7.17. The lowest BCUT2D eigenvalue weighted by Gasteiger charge is -2.28. The molecule has 0 bridgehead atoms. The van der Waals surface area contributed by atoms with Gasteiger partial charge in [-0.3, -0.25) is 5.43 Å².